The molecule has 0 aromatic carbocycles. The van der Waals surface area contributed by atoms with E-state index in [0.29, 0.717) is 0 Å². The fourth-order valence-electron chi connectivity index (χ4n) is 2.60. The van der Waals surface area contributed by atoms with E-state index in [2.05, 4.69) is 39.3 Å². The van der Waals surface area contributed by atoms with Gasteiger partial charge in [-0.2, -0.15) is 0 Å². The zero-order valence-corrected chi connectivity index (χ0v) is 12.2. The van der Waals surface area contributed by atoms with Crippen molar-refractivity contribution in [3.63, 3.8) is 0 Å². The van der Waals surface area contributed by atoms with Crippen LogP contribution in [0.25, 0.3) is 0 Å². The third-order valence-corrected chi connectivity index (χ3v) is 3.90. The predicted molar refractivity (Wildman–Crippen MR) is 80.5 cm³/mol. The number of nitrogens with zero attached hydrogens (tertiary/aromatic N) is 2. The number of aromatic amines is 1. The molecule has 0 bridgehead atoms. The van der Waals surface area contributed by atoms with Crippen LogP contribution in [0.5, 0.6) is 0 Å². The first kappa shape index (κ1) is 14.6. The van der Waals surface area contributed by atoms with Gasteiger partial charge in [0.1, 0.15) is 0 Å². The summed E-state index contributed by atoms with van der Waals surface area (Å²) in [7, 11) is 2.23. The summed E-state index contributed by atoms with van der Waals surface area (Å²) in [6.45, 7) is 8.41. The molecule has 4 heteroatoms. The quantitative estimate of drug-likeness (QED) is 0.692. The second kappa shape index (κ2) is 8.35. The minimum Gasteiger partial charge on any atom is -0.365 e. The first-order valence-electron chi connectivity index (χ1n) is 7.58. The topological polar surface area (TPSA) is 34.3 Å². The summed E-state index contributed by atoms with van der Waals surface area (Å²) < 4.78 is 0. The average molecular weight is 264 g/mol. The lowest BCUT2D eigenvalue weighted by atomic mass is 10.2. The van der Waals surface area contributed by atoms with Gasteiger partial charge < -0.3 is 20.1 Å². The van der Waals surface area contributed by atoms with Gasteiger partial charge in [-0.05, 0) is 45.1 Å². The molecule has 1 aliphatic rings. The molecule has 0 radical (unpaired) electrons. The lowest BCUT2D eigenvalue weighted by molar-refractivity contribution is 0.230. The zero-order valence-electron chi connectivity index (χ0n) is 12.2. The van der Waals surface area contributed by atoms with Gasteiger partial charge >= 0.3 is 0 Å². The molecule has 0 aliphatic carbocycles. The van der Waals surface area contributed by atoms with Gasteiger partial charge in [0.05, 0.1) is 0 Å². The highest BCUT2D eigenvalue weighted by Gasteiger charge is 2.08. The summed E-state index contributed by atoms with van der Waals surface area (Å²) in [4.78, 5) is 8.29. The third kappa shape index (κ3) is 5.76. The fraction of sp³-hybridized carbons (Fsp3) is 0.733. The number of nitrogens with one attached hydrogen (secondary N) is 2. The van der Waals surface area contributed by atoms with E-state index in [4.69, 9.17) is 0 Å². The second-order valence-electron chi connectivity index (χ2n) is 5.55. The molecular weight excluding hydrogens is 236 g/mol. The van der Waals surface area contributed by atoms with Crippen molar-refractivity contribution >= 4 is 0 Å². The normalized spacial score (nSPS) is 17.2. The highest BCUT2D eigenvalue weighted by molar-refractivity contribution is 5.03. The highest BCUT2D eigenvalue weighted by atomic mass is 15.2. The molecule has 0 spiro atoms. The summed E-state index contributed by atoms with van der Waals surface area (Å²) in [6.07, 6.45) is 5.77. The predicted octanol–water partition coefficient (Wildman–Crippen LogP) is 1.17. The van der Waals surface area contributed by atoms with Crippen LogP contribution in [0.3, 0.4) is 0 Å². The molecule has 2 N–H and O–H groups in total. The number of hydrogen-bond donors (Lipinski definition) is 2. The molecule has 4 nitrogen and oxygen atoms in total. The molecule has 2 rings (SSSR count). The second-order valence-corrected chi connectivity index (χ2v) is 5.55. The van der Waals surface area contributed by atoms with Gasteiger partial charge in [-0.3, -0.25) is 0 Å². The van der Waals surface area contributed by atoms with Gasteiger partial charge in [-0.15, -0.1) is 0 Å². The molecule has 1 fully saturated rings. The lowest BCUT2D eigenvalue weighted by Gasteiger charge is -2.27. The standard InChI is InChI=1S/C15H28N4/c1-18(12-6-15-5-4-7-17-15)10-2-3-11-19-13-8-16-9-14-19/h4-5,7,16-17H,2-3,6,8-14H2,1H3. The molecule has 0 unspecified atom stereocenters. The number of likely N-dealkylation sites (N-methyl/N-ethyl adjacent to an activating group) is 1. The number of piperazine rings is 1. The Bertz CT molecular complexity index is 317. The van der Waals surface area contributed by atoms with Crippen molar-refractivity contribution in [1.29, 1.82) is 0 Å². The van der Waals surface area contributed by atoms with Crippen LogP contribution in [0.15, 0.2) is 18.3 Å². The smallest absolute Gasteiger partial charge is 0.0159 e. The summed E-state index contributed by atoms with van der Waals surface area (Å²) in [5.41, 5.74) is 1.34. The molecule has 108 valence electrons. The molecular formula is C15H28N4. The lowest BCUT2D eigenvalue weighted by Crippen LogP contribution is -2.43. The van der Waals surface area contributed by atoms with Crippen molar-refractivity contribution in [2.75, 3.05) is 52.9 Å². The number of H-pyrrole nitrogens is 1. The van der Waals surface area contributed by atoms with Gasteiger partial charge in [-0.1, -0.05) is 0 Å². The van der Waals surface area contributed by atoms with E-state index in [-0.39, 0.29) is 0 Å². The van der Waals surface area contributed by atoms with E-state index in [1.165, 1.54) is 44.7 Å². The van der Waals surface area contributed by atoms with Gasteiger partial charge in [0, 0.05) is 51.0 Å². The van der Waals surface area contributed by atoms with Crippen LogP contribution in [-0.2, 0) is 6.42 Å². The first-order chi connectivity index (χ1) is 9.34. The summed E-state index contributed by atoms with van der Waals surface area (Å²) in [6, 6.07) is 4.24. The molecule has 19 heavy (non-hydrogen) atoms. The number of rotatable bonds is 8. The van der Waals surface area contributed by atoms with Crippen molar-refractivity contribution in [3.8, 4) is 0 Å². The van der Waals surface area contributed by atoms with E-state index < -0.39 is 0 Å². The van der Waals surface area contributed by atoms with E-state index in [0.717, 1.165) is 26.1 Å². The number of unbranched alkanes of at least 4 members (excludes halogenated alkanes) is 1. The Balaban J connectivity index is 1.48. The Morgan fingerprint density at radius 3 is 2.79 bits per heavy atom. The molecule has 1 aromatic rings. The van der Waals surface area contributed by atoms with Gasteiger partial charge in [0.2, 0.25) is 0 Å². The zero-order chi connectivity index (χ0) is 13.3. The van der Waals surface area contributed by atoms with E-state index in [1.54, 1.807) is 0 Å². The van der Waals surface area contributed by atoms with Crippen molar-refractivity contribution in [1.82, 2.24) is 20.1 Å². The van der Waals surface area contributed by atoms with Crippen LogP contribution in [-0.4, -0.2) is 67.6 Å². The van der Waals surface area contributed by atoms with E-state index in [1.807, 2.05) is 6.20 Å². The largest absolute Gasteiger partial charge is 0.365 e. The third-order valence-electron chi connectivity index (χ3n) is 3.90. The fourth-order valence-corrected chi connectivity index (χ4v) is 2.60. The maximum absolute atomic E-state index is 3.40. The maximum Gasteiger partial charge on any atom is 0.0159 e. The molecule has 0 atom stereocenters. The monoisotopic (exact) mass is 264 g/mol. The van der Waals surface area contributed by atoms with Gasteiger partial charge in [0.15, 0.2) is 0 Å². The Labute approximate surface area is 117 Å². The maximum atomic E-state index is 3.40. The molecule has 1 aromatic heterocycles. The Morgan fingerprint density at radius 1 is 1.21 bits per heavy atom. The summed E-state index contributed by atoms with van der Waals surface area (Å²) >= 11 is 0. The number of hydrogen-bond acceptors (Lipinski definition) is 3. The summed E-state index contributed by atoms with van der Waals surface area (Å²) in [5, 5.41) is 3.40. The van der Waals surface area contributed by atoms with Gasteiger partial charge in [0.25, 0.3) is 0 Å². The van der Waals surface area contributed by atoms with Crippen molar-refractivity contribution in [2.24, 2.45) is 0 Å². The Kier molecular flexibility index (Phi) is 6.41. The number of aromatic nitrogens is 1. The molecule has 0 amide bonds. The first-order valence-corrected chi connectivity index (χ1v) is 7.58. The van der Waals surface area contributed by atoms with Crippen molar-refractivity contribution < 1.29 is 0 Å². The van der Waals surface area contributed by atoms with Crippen molar-refractivity contribution in [2.45, 2.75) is 19.3 Å². The minimum absolute atomic E-state index is 1.13. The van der Waals surface area contributed by atoms with Crippen LogP contribution in [0.2, 0.25) is 0 Å². The SMILES string of the molecule is CN(CCCCN1CCNCC1)CCc1ccc[nH]1. The van der Waals surface area contributed by atoms with Gasteiger partial charge in [-0.25, -0.2) is 0 Å². The Morgan fingerprint density at radius 2 is 2.05 bits per heavy atom. The van der Waals surface area contributed by atoms with E-state index in [9.17, 15) is 0 Å². The molecule has 1 saturated heterocycles. The van der Waals surface area contributed by atoms with Crippen LogP contribution in [0, 0.1) is 0 Å². The minimum atomic E-state index is 1.13. The highest BCUT2D eigenvalue weighted by Crippen LogP contribution is 2.01. The van der Waals surface area contributed by atoms with Crippen LogP contribution in [0.4, 0.5) is 0 Å². The molecule has 2 heterocycles. The summed E-state index contributed by atoms with van der Waals surface area (Å²) in [5.74, 6) is 0. The van der Waals surface area contributed by atoms with Crippen LogP contribution in [0.1, 0.15) is 18.5 Å². The van der Waals surface area contributed by atoms with Crippen LogP contribution >= 0.6 is 0 Å². The van der Waals surface area contributed by atoms with E-state index >= 15 is 0 Å². The van der Waals surface area contributed by atoms with Crippen LogP contribution < -0.4 is 5.32 Å². The Hall–Kier alpha value is -0.840. The average Bonchev–Trinajstić information content (AvgIpc) is 2.96. The molecule has 1 aliphatic heterocycles. The van der Waals surface area contributed by atoms with Crippen molar-refractivity contribution in [3.05, 3.63) is 24.0 Å². The molecule has 0 saturated carbocycles.